The molecule has 0 saturated heterocycles. The molecule has 0 radical (unpaired) electrons. The number of esters is 2. The van der Waals surface area contributed by atoms with Crippen LogP contribution in [0.15, 0.2) is 48.5 Å². The molecule has 0 saturated carbocycles. The molecule has 0 spiro atoms. The zero-order chi connectivity index (χ0) is 23.6. The van der Waals surface area contributed by atoms with Gasteiger partial charge in [-0.15, -0.1) is 0 Å². The smallest absolute Gasteiger partial charge is 0.337 e. The van der Waals surface area contributed by atoms with E-state index in [9.17, 15) is 14.4 Å². The molecule has 1 unspecified atom stereocenters. The second-order valence-electron chi connectivity index (χ2n) is 7.77. The summed E-state index contributed by atoms with van der Waals surface area (Å²) in [6.45, 7) is 10.3. The lowest BCUT2D eigenvalue weighted by Crippen LogP contribution is -2.43. The number of benzene rings is 2. The first-order chi connectivity index (χ1) is 14.7. The Morgan fingerprint density at radius 1 is 0.839 bits per heavy atom. The maximum absolute atomic E-state index is 12.6. The Bertz CT molecular complexity index is 864. The van der Waals surface area contributed by atoms with Crippen LogP contribution in [0, 0.1) is 0 Å². The molecule has 0 aliphatic carbocycles. The molecule has 0 bridgehead atoms. The van der Waals surface area contributed by atoms with Gasteiger partial charge in [-0.1, -0.05) is 58.9 Å². The summed E-state index contributed by atoms with van der Waals surface area (Å²) in [5.74, 6) is -1.33. The van der Waals surface area contributed by atoms with Gasteiger partial charge in [0.25, 0.3) is 5.91 Å². The fourth-order valence-electron chi connectivity index (χ4n) is 2.83. The normalized spacial score (nSPS) is 11.5. The van der Waals surface area contributed by atoms with E-state index < -0.39 is 18.0 Å². The fourth-order valence-corrected chi connectivity index (χ4v) is 2.83. The highest BCUT2D eigenvalue weighted by Gasteiger charge is 2.23. The summed E-state index contributed by atoms with van der Waals surface area (Å²) in [6.07, 6.45) is 0.236. The molecule has 6 heteroatoms. The van der Waals surface area contributed by atoms with Crippen molar-refractivity contribution in [2.75, 3.05) is 14.2 Å². The predicted molar refractivity (Wildman–Crippen MR) is 121 cm³/mol. The maximum Gasteiger partial charge on any atom is 0.337 e. The minimum Gasteiger partial charge on any atom is -0.467 e. The molecule has 31 heavy (non-hydrogen) atoms. The van der Waals surface area contributed by atoms with Gasteiger partial charge in [0.15, 0.2) is 0 Å². The lowest BCUT2D eigenvalue weighted by Gasteiger charge is -2.20. The molecule has 0 fully saturated rings. The third-order valence-corrected chi connectivity index (χ3v) is 4.62. The monoisotopic (exact) mass is 427 g/mol. The molecule has 0 aliphatic rings. The van der Waals surface area contributed by atoms with E-state index >= 15 is 0 Å². The first-order valence-electron chi connectivity index (χ1n) is 10.3. The number of rotatable bonds is 6. The van der Waals surface area contributed by atoms with Crippen LogP contribution in [0.2, 0.25) is 0 Å². The minimum absolute atomic E-state index is 0.0140. The van der Waals surface area contributed by atoms with Gasteiger partial charge < -0.3 is 14.8 Å². The summed E-state index contributed by atoms with van der Waals surface area (Å²) in [7, 11) is 2.59. The lowest BCUT2D eigenvalue weighted by atomic mass is 9.86. The van der Waals surface area contributed by atoms with Crippen molar-refractivity contribution < 1.29 is 23.9 Å². The SMILES string of the molecule is CC.COC(=O)c1ccc(CC(NC(=O)c2ccc(C(C)(C)C)cc2)C(=O)OC)cc1. The maximum atomic E-state index is 12.6. The van der Waals surface area contributed by atoms with Crippen LogP contribution in [-0.4, -0.2) is 38.1 Å². The van der Waals surface area contributed by atoms with Crippen LogP contribution in [0.5, 0.6) is 0 Å². The quantitative estimate of drug-likeness (QED) is 0.695. The van der Waals surface area contributed by atoms with Gasteiger partial charge in [0.2, 0.25) is 0 Å². The summed E-state index contributed by atoms with van der Waals surface area (Å²) in [5.41, 5.74) is 2.75. The lowest BCUT2D eigenvalue weighted by molar-refractivity contribution is -0.142. The van der Waals surface area contributed by atoms with E-state index in [2.05, 4.69) is 30.8 Å². The molecule has 0 heterocycles. The Morgan fingerprint density at radius 3 is 1.81 bits per heavy atom. The van der Waals surface area contributed by atoms with Gasteiger partial charge in [-0.3, -0.25) is 4.79 Å². The molecule has 0 aliphatic heterocycles. The average molecular weight is 428 g/mol. The molecule has 0 aromatic heterocycles. The van der Waals surface area contributed by atoms with Crippen LogP contribution in [0.4, 0.5) is 0 Å². The molecule has 1 amide bonds. The van der Waals surface area contributed by atoms with Gasteiger partial charge in [-0.25, -0.2) is 9.59 Å². The van der Waals surface area contributed by atoms with E-state index in [1.54, 1.807) is 36.4 Å². The van der Waals surface area contributed by atoms with Gasteiger partial charge >= 0.3 is 11.9 Å². The van der Waals surface area contributed by atoms with Gasteiger partial charge in [0.05, 0.1) is 19.8 Å². The number of amides is 1. The van der Waals surface area contributed by atoms with Crippen molar-refractivity contribution in [1.29, 1.82) is 0 Å². The van der Waals surface area contributed by atoms with E-state index in [1.807, 2.05) is 26.0 Å². The van der Waals surface area contributed by atoms with Gasteiger partial charge in [0, 0.05) is 12.0 Å². The topological polar surface area (TPSA) is 81.7 Å². The summed E-state index contributed by atoms with van der Waals surface area (Å²) >= 11 is 0. The van der Waals surface area contributed by atoms with Crippen molar-refractivity contribution in [2.45, 2.75) is 52.5 Å². The number of nitrogens with one attached hydrogen (secondary N) is 1. The third kappa shape index (κ3) is 7.55. The Labute approximate surface area is 185 Å². The van der Waals surface area contributed by atoms with Crippen molar-refractivity contribution in [3.63, 3.8) is 0 Å². The number of carbonyl (C=O) groups excluding carboxylic acids is 3. The van der Waals surface area contributed by atoms with Crippen LogP contribution in [0.25, 0.3) is 0 Å². The molecule has 1 atom stereocenters. The first kappa shape index (κ1) is 25.9. The van der Waals surface area contributed by atoms with E-state index in [1.165, 1.54) is 14.2 Å². The van der Waals surface area contributed by atoms with Crippen molar-refractivity contribution in [3.8, 4) is 0 Å². The highest BCUT2D eigenvalue weighted by atomic mass is 16.5. The number of hydrogen-bond donors (Lipinski definition) is 1. The first-order valence-corrected chi connectivity index (χ1v) is 10.3. The Hall–Kier alpha value is -3.15. The van der Waals surface area contributed by atoms with E-state index in [0.29, 0.717) is 11.1 Å². The minimum atomic E-state index is -0.848. The summed E-state index contributed by atoms with van der Waals surface area (Å²) in [4.78, 5) is 36.3. The molecular weight excluding hydrogens is 394 g/mol. The van der Waals surface area contributed by atoms with Gasteiger partial charge in [-0.05, 0) is 40.8 Å². The van der Waals surface area contributed by atoms with E-state index in [0.717, 1.165) is 11.1 Å². The van der Waals surface area contributed by atoms with Crippen LogP contribution < -0.4 is 5.32 Å². The summed E-state index contributed by atoms with van der Waals surface area (Å²) < 4.78 is 9.51. The Morgan fingerprint density at radius 2 is 1.35 bits per heavy atom. The summed E-state index contributed by atoms with van der Waals surface area (Å²) in [5, 5.41) is 2.73. The van der Waals surface area contributed by atoms with Crippen molar-refractivity contribution in [1.82, 2.24) is 5.32 Å². The standard InChI is InChI=1S/C23H27NO5.C2H6/c1-23(2,3)18-12-10-16(11-13-18)20(25)24-19(22(27)29-5)14-15-6-8-17(9-7-15)21(26)28-4;1-2/h6-13,19H,14H2,1-5H3,(H,24,25);1-2H3. The summed E-state index contributed by atoms with van der Waals surface area (Å²) in [6, 6.07) is 13.1. The third-order valence-electron chi connectivity index (χ3n) is 4.62. The van der Waals surface area contributed by atoms with Gasteiger partial charge in [-0.2, -0.15) is 0 Å². The highest BCUT2D eigenvalue weighted by molar-refractivity contribution is 5.97. The molecule has 1 N–H and O–H groups in total. The molecule has 2 aromatic rings. The van der Waals surface area contributed by atoms with Crippen LogP contribution >= 0.6 is 0 Å². The molecule has 2 aromatic carbocycles. The molecule has 168 valence electrons. The fraction of sp³-hybridized carbons (Fsp3) is 0.400. The number of methoxy groups -OCH3 is 2. The van der Waals surface area contributed by atoms with E-state index in [-0.39, 0.29) is 17.7 Å². The van der Waals surface area contributed by atoms with E-state index in [4.69, 9.17) is 4.74 Å². The molecule has 2 rings (SSSR count). The van der Waals surface area contributed by atoms with Crippen molar-refractivity contribution in [3.05, 3.63) is 70.8 Å². The zero-order valence-corrected chi connectivity index (χ0v) is 19.4. The second-order valence-corrected chi connectivity index (χ2v) is 7.77. The predicted octanol–water partition coefficient (Wildman–Crippen LogP) is 4.31. The van der Waals surface area contributed by atoms with Crippen LogP contribution in [0.1, 0.15) is 66.5 Å². The number of ether oxygens (including phenoxy) is 2. The van der Waals surface area contributed by atoms with Crippen molar-refractivity contribution in [2.24, 2.45) is 0 Å². The number of hydrogen-bond acceptors (Lipinski definition) is 5. The average Bonchev–Trinajstić information content (AvgIpc) is 2.78. The van der Waals surface area contributed by atoms with Crippen LogP contribution in [0.3, 0.4) is 0 Å². The Kier molecular flexibility index (Phi) is 9.93. The highest BCUT2D eigenvalue weighted by Crippen LogP contribution is 2.22. The zero-order valence-electron chi connectivity index (χ0n) is 19.4. The second kappa shape index (κ2) is 11.9. The largest absolute Gasteiger partial charge is 0.467 e. The number of carbonyl (C=O) groups is 3. The van der Waals surface area contributed by atoms with Crippen molar-refractivity contribution >= 4 is 17.8 Å². The molecular formula is C25H33NO5. The molecule has 6 nitrogen and oxygen atoms in total. The van der Waals surface area contributed by atoms with Gasteiger partial charge in [0.1, 0.15) is 6.04 Å². The van der Waals surface area contributed by atoms with Crippen LogP contribution in [-0.2, 0) is 26.1 Å². The Balaban J connectivity index is 0.00000233.